The zero-order chi connectivity index (χ0) is 18.2. The van der Waals surface area contributed by atoms with Crippen molar-refractivity contribution < 1.29 is 17.9 Å². The Morgan fingerprint density at radius 2 is 2.00 bits per heavy atom. The van der Waals surface area contributed by atoms with Crippen LogP contribution in [0.5, 0.6) is 5.75 Å². The number of nitrogens with one attached hydrogen (secondary N) is 2. The molecule has 1 heterocycles. The van der Waals surface area contributed by atoms with Gasteiger partial charge in [0.05, 0.1) is 0 Å². The molecule has 0 fully saturated rings. The molecular formula is C17H21F3IN3OS. The van der Waals surface area contributed by atoms with Gasteiger partial charge >= 0.3 is 6.61 Å². The van der Waals surface area contributed by atoms with Crippen molar-refractivity contribution in [2.45, 2.75) is 26.0 Å². The molecule has 4 nitrogen and oxygen atoms in total. The highest BCUT2D eigenvalue weighted by Crippen LogP contribution is 2.23. The van der Waals surface area contributed by atoms with Crippen molar-refractivity contribution in [1.29, 1.82) is 0 Å². The summed E-state index contributed by atoms with van der Waals surface area (Å²) in [4.78, 5) is 5.30. The normalized spacial score (nSPS) is 12.5. The van der Waals surface area contributed by atoms with E-state index >= 15 is 0 Å². The molecular weight excluding hydrogens is 478 g/mol. The second-order valence-electron chi connectivity index (χ2n) is 5.32. The third kappa shape index (κ3) is 6.67. The largest absolute Gasteiger partial charge is 0.434 e. The zero-order valence-electron chi connectivity index (χ0n) is 14.3. The Hall–Kier alpha value is -1.49. The summed E-state index contributed by atoms with van der Waals surface area (Å²) in [5, 5.41) is 8.08. The van der Waals surface area contributed by atoms with E-state index < -0.39 is 12.4 Å². The van der Waals surface area contributed by atoms with E-state index in [1.165, 1.54) is 23.1 Å². The lowest BCUT2D eigenvalue weighted by atomic mass is 10.1. The summed E-state index contributed by atoms with van der Waals surface area (Å²) in [6, 6.07) is 7.88. The highest BCUT2D eigenvalue weighted by atomic mass is 127. The van der Waals surface area contributed by atoms with Crippen molar-refractivity contribution in [1.82, 2.24) is 10.6 Å². The molecule has 1 atom stereocenters. The number of halogens is 4. The van der Waals surface area contributed by atoms with Crippen LogP contribution in [0.3, 0.4) is 0 Å². The first-order chi connectivity index (χ1) is 12.0. The van der Waals surface area contributed by atoms with Gasteiger partial charge in [0.15, 0.2) is 5.96 Å². The van der Waals surface area contributed by atoms with E-state index in [-0.39, 0.29) is 47.8 Å². The van der Waals surface area contributed by atoms with Gasteiger partial charge in [-0.2, -0.15) is 8.78 Å². The van der Waals surface area contributed by atoms with Crippen LogP contribution >= 0.6 is 35.3 Å². The van der Waals surface area contributed by atoms with Gasteiger partial charge in [0.25, 0.3) is 0 Å². The maximum Gasteiger partial charge on any atom is 0.387 e. The summed E-state index contributed by atoms with van der Waals surface area (Å²) in [6.07, 6.45) is 0. The van der Waals surface area contributed by atoms with Crippen LogP contribution in [0.4, 0.5) is 13.2 Å². The lowest BCUT2D eigenvalue weighted by Gasteiger charge is -2.17. The molecule has 1 aromatic carbocycles. The minimum absolute atomic E-state index is 0. The topological polar surface area (TPSA) is 45.7 Å². The van der Waals surface area contributed by atoms with Gasteiger partial charge in [-0.05, 0) is 23.6 Å². The summed E-state index contributed by atoms with van der Waals surface area (Å²) in [5.41, 5.74) is 0.0251. The minimum Gasteiger partial charge on any atom is -0.434 e. The predicted octanol–water partition coefficient (Wildman–Crippen LogP) is 4.58. The molecule has 26 heavy (non-hydrogen) atoms. The van der Waals surface area contributed by atoms with Crippen LogP contribution < -0.4 is 15.4 Å². The van der Waals surface area contributed by atoms with E-state index in [9.17, 15) is 13.2 Å². The predicted molar refractivity (Wildman–Crippen MR) is 109 cm³/mol. The number of hydrogen-bond acceptors (Lipinski definition) is 3. The van der Waals surface area contributed by atoms with Gasteiger partial charge in [0.1, 0.15) is 11.6 Å². The maximum absolute atomic E-state index is 13.9. The van der Waals surface area contributed by atoms with E-state index in [0.717, 1.165) is 0 Å². The van der Waals surface area contributed by atoms with Crippen molar-refractivity contribution in [2.24, 2.45) is 4.99 Å². The molecule has 144 valence electrons. The van der Waals surface area contributed by atoms with Gasteiger partial charge in [-0.3, -0.25) is 4.99 Å². The van der Waals surface area contributed by atoms with Crippen LogP contribution in [-0.2, 0) is 6.54 Å². The first-order valence-electron chi connectivity index (χ1n) is 7.71. The number of aliphatic imine (C=N–C) groups is 1. The molecule has 2 rings (SSSR count). The average molecular weight is 499 g/mol. The first-order valence-corrected chi connectivity index (χ1v) is 8.59. The van der Waals surface area contributed by atoms with Crippen molar-refractivity contribution in [3.63, 3.8) is 0 Å². The number of alkyl halides is 2. The fourth-order valence-electron chi connectivity index (χ4n) is 2.23. The molecule has 0 aliphatic rings. The standard InChI is InChI=1S/C17H20F3N3OS.HI/c1-11(15-7-4-8-25-15)9-22-17(21-2)23-10-12-13(18)5-3-6-14(12)24-16(19)20;/h3-8,11,16H,9-10H2,1-2H3,(H2,21,22,23);1H. The molecule has 0 aliphatic carbocycles. The molecule has 1 aromatic heterocycles. The number of ether oxygens (including phenoxy) is 1. The third-order valence-corrected chi connectivity index (χ3v) is 4.66. The number of guanidine groups is 1. The highest BCUT2D eigenvalue weighted by molar-refractivity contribution is 14.0. The molecule has 0 aliphatic heterocycles. The Bertz CT molecular complexity index is 699. The summed E-state index contributed by atoms with van der Waals surface area (Å²) in [6.45, 7) is -0.318. The fraction of sp³-hybridized carbons (Fsp3) is 0.353. The SMILES string of the molecule is CN=C(NCc1c(F)cccc1OC(F)F)NCC(C)c1cccs1.I. The monoisotopic (exact) mass is 499 g/mol. The van der Waals surface area contributed by atoms with E-state index in [0.29, 0.717) is 12.5 Å². The van der Waals surface area contributed by atoms with Crippen molar-refractivity contribution >= 4 is 41.3 Å². The van der Waals surface area contributed by atoms with Crippen LogP contribution in [0, 0.1) is 5.82 Å². The number of hydrogen-bond donors (Lipinski definition) is 2. The molecule has 0 saturated heterocycles. The Morgan fingerprint density at radius 1 is 1.23 bits per heavy atom. The molecule has 0 bridgehead atoms. The van der Waals surface area contributed by atoms with Crippen LogP contribution in [0.1, 0.15) is 23.3 Å². The Labute approximate surface area is 171 Å². The van der Waals surface area contributed by atoms with Crippen molar-refractivity contribution in [2.75, 3.05) is 13.6 Å². The van der Waals surface area contributed by atoms with Crippen LogP contribution in [0.15, 0.2) is 40.7 Å². The Morgan fingerprint density at radius 3 is 2.62 bits per heavy atom. The second kappa shape index (κ2) is 11.3. The molecule has 2 N–H and O–H groups in total. The molecule has 0 spiro atoms. The molecule has 0 radical (unpaired) electrons. The maximum atomic E-state index is 13.9. The fourth-order valence-corrected chi connectivity index (χ4v) is 3.02. The molecule has 0 saturated carbocycles. The Kier molecular flexibility index (Phi) is 9.78. The van der Waals surface area contributed by atoms with Crippen molar-refractivity contribution in [3.05, 3.63) is 52.0 Å². The van der Waals surface area contributed by atoms with Gasteiger partial charge < -0.3 is 15.4 Å². The molecule has 9 heteroatoms. The van der Waals surface area contributed by atoms with E-state index in [4.69, 9.17) is 0 Å². The van der Waals surface area contributed by atoms with Gasteiger partial charge in [-0.15, -0.1) is 35.3 Å². The quantitative estimate of drug-likeness (QED) is 0.333. The van der Waals surface area contributed by atoms with Crippen LogP contribution in [0.2, 0.25) is 0 Å². The molecule has 0 amide bonds. The molecule has 1 unspecified atom stereocenters. The van der Waals surface area contributed by atoms with Crippen LogP contribution in [-0.4, -0.2) is 26.2 Å². The average Bonchev–Trinajstić information content (AvgIpc) is 3.10. The van der Waals surface area contributed by atoms with Gasteiger partial charge in [-0.1, -0.05) is 19.1 Å². The van der Waals surface area contributed by atoms with Gasteiger partial charge in [-0.25, -0.2) is 4.39 Å². The van der Waals surface area contributed by atoms with E-state index in [1.807, 2.05) is 11.4 Å². The summed E-state index contributed by atoms with van der Waals surface area (Å²) in [5.74, 6) is -0.0719. The summed E-state index contributed by atoms with van der Waals surface area (Å²) < 4.78 is 43.2. The lowest BCUT2D eigenvalue weighted by Crippen LogP contribution is -2.38. The lowest BCUT2D eigenvalue weighted by molar-refractivity contribution is -0.0506. The smallest absolute Gasteiger partial charge is 0.387 e. The zero-order valence-corrected chi connectivity index (χ0v) is 17.5. The summed E-state index contributed by atoms with van der Waals surface area (Å²) in [7, 11) is 1.59. The minimum atomic E-state index is -3.01. The number of thiophene rings is 1. The van der Waals surface area contributed by atoms with Gasteiger partial charge in [0, 0.05) is 36.5 Å². The number of rotatable bonds is 7. The Balaban J connectivity index is 0.00000338. The summed E-state index contributed by atoms with van der Waals surface area (Å²) >= 11 is 1.67. The van der Waals surface area contributed by atoms with Crippen LogP contribution in [0.25, 0.3) is 0 Å². The van der Waals surface area contributed by atoms with E-state index in [1.54, 1.807) is 18.4 Å². The van der Waals surface area contributed by atoms with E-state index in [2.05, 4.69) is 33.4 Å². The first kappa shape index (κ1) is 22.6. The second-order valence-corrected chi connectivity index (χ2v) is 6.30. The number of benzene rings is 1. The highest BCUT2D eigenvalue weighted by Gasteiger charge is 2.14. The third-order valence-electron chi connectivity index (χ3n) is 3.55. The van der Waals surface area contributed by atoms with Gasteiger partial charge in [0.2, 0.25) is 0 Å². The number of nitrogens with zero attached hydrogens (tertiary/aromatic N) is 1. The van der Waals surface area contributed by atoms with Crippen molar-refractivity contribution in [3.8, 4) is 5.75 Å². The molecule has 2 aromatic rings.